The van der Waals surface area contributed by atoms with Gasteiger partial charge in [0, 0.05) is 0 Å². The van der Waals surface area contributed by atoms with Gasteiger partial charge in [0.15, 0.2) is 5.82 Å². The predicted molar refractivity (Wildman–Crippen MR) is 91.4 cm³/mol. The van der Waals surface area contributed by atoms with Crippen LogP contribution in [-0.4, -0.2) is 25.7 Å². The van der Waals surface area contributed by atoms with Crippen LogP contribution in [0, 0.1) is 5.82 Å². The lowest BCUT2D eigenvalue weighted by molar-refractivity contribution is -0.117. The summed E-state index contributed by atoms with van der Waals surface area (Å²) < 4.78 is 13.7. The minimum absolute atomic E-state index is 0.0957. The van der Waals surface area contributed by atoms with Gasteiger partial charge in [-0.2, -0.15) is 0 Å². The molecule has 1 aliphatic carbocycles. The number of benzene rings is 1. The molecule has 0 spiro atoms. The van der Waals surface area contributed by atoms with Crippen molar-refractivity contribution in [3.05, 3.63) is 62.7 Å². The lowest BCUT2D eigenvalue weighted by Crippen LogP contribution is -2.34. The van der Waals surface area contributed by atoms with E-state index in [1.54, 1.807) is 12.1 Å². The number of hydrogen-bond donors (Lipinski definition) is 2. The summed E-state index contributed by atoms with van der Waals surface area (Å²) in [5.41, 5.74) is 0.136. The van der Waals surface area contributed by atoms with Crippen LogP contribution in [0.15, 0.2) is 40.2 Å². The fourth-order valence-electron chi connectivity index (χ4n) is 2.78. The van der Waals surface area contributed by atoms with Crippen LogP contribution in [0.1, 0.15) is 24.3 Å². The highest BCUT2D eigenvalue weighted by Crippen LogP contribution is 2.40. The summed E-state index contributed by atoms with van der Waals surface area (Å²) in [6.45, 7) is -0.422. The number of carbonyl (C=O) groups is 1. The molecule has 2 aromatic heterocycles. The number of amides is 1. The maximum absolute atomic E-state index is 12.8. The Morgan fingerprint density at radius 1 is 1.23 bits per heavy atom. The van der Waals surface area contributed by atoms with Gasteiger partial charge < -0.3 is 0 Å². The number of halogens is 1. The highest BCUT2D eigenvalue weighted by molar-refractivity contribution is 5.89. The standard InChI is InChI=1S/C17H14FN5O3/c18-11-6-19-17(20-7-11)21-14(24)8-23-16(26)12-4-3-10(9-1-2-9)5-13(12)15(25)22-23/h3-7,9H,1-2,8H2,(H,22,25)(H,19,20,21,24). The van der Waals surface area contributed by atoms with E-state index in [0.29, 0.717) is 11.3 Å². The van der Waals surface area contributed by atoms with Crippen LogP contribution < -0.4 is 16.4 Å². The summed E-state index contributed by atoms with van der Waals surface area (Å²) in [5.74, 6) is -0.892. The molecule has 1 amide bonds. The topological polar surface area (TPSA) is 110 Å². The average molecular weight is 355 g/mol. The molecule has 1 aromatic carbocycles. The van der Waals surface area contributed by atoms with Crippen molar-refractivity contribution >= 4 is 22.6 Å². The number of rotatable bonds is 4. The van der Waals surface area contributed by atoms with Crippen molar-refractivity contribution in [3.8, 4) is 0 Å². The van der Waals surface area contributed by atoms with Crippen LogP contribution in [0.25, 0.3) is 10.8 Å². The Morgan fingerprint density at radius 2 is 1.96 bits per heavy atom. The Hall–Kier alpha value is -3.36. The first-order chi connectivity index (χ1) is 12.5. The van der Waals surface area contributed by atoms with Gasteiger partial charge in [0.1, 0.15) is 6.54 Å². The smallest absolute Gasteiger partial charge is 0.273 e. The van der Waals surface area contributed by atoms with Gasteiger partial charge in [-0.3, -0.25) is 24.8 Å². The molecule has 26 heavy (non-hydrogen) atoms. The first-order valence-corrected chi connectivity index (χ1v) is 8.05. The van der Waals surface area contributed by atoms with Gasteiger partial charge >= 0.3 is 0 Å². The molecule has 132 valence electrons. The van der Waals surface area contributed by atoms with Gasteiger partial charge in [0.2, 0.25) is 11.9 Å². The lowest BCUT2D eigenvalue weighted by atomic mass is 10.1. The van der Waals surface area contributed by atoms with Crippen LogP contribution in [0.4, 0.5) is 10.3 Å². The third kappa shape index (κ3) is 3.10. The van der Waals surface area contributed by atoms with E-state index in [1.807, 2.05) is 6.07 Å². The highest BCUT2D eigenvalue weighted by atomic mass is 19.1. The van der Waals surface area contributed by atoms with Crippen molar-refractivity contribution in [2.75, 3.05) is 5.32 Å². The third-order valence-electron chi connectivity index (χ3n) is 4.22. The normalized spacial score (nSPS) is 13.7. The molecule has 9 heteroatoms. The Balaban J connectivity index is 1.62. The zero-order chi connectivity index (χ0) is 18.3. The van der Waals surface area contributed by atoms with E-state index >= 15 is 0 Å². The summed E-state index contributed by atoms with van der Waals surface area (Å²) in [7, 11) is 0. The SMILES string of the molecule is O=C(Cn1[nH]c(=O)c2cc(C3CC3)ccc2c1=O)Nc1ncc(F)cn1. The maximum atomic E-state index is 12.8. The molecule has 1 saturated carbocycles. The minimum atomic E-state index is -0.636. The second-order valence-corrected chi connectivity index (χ2v) is 6.18. The Morgan fingerprint density at radius 3 is 2.65 bits per heavy atom. The zero-order valence-corrected chi connectivity index (χ0v) is 13.5. The molecule has 1 fully saturated rings. The number of hydrogen-bond acceptors (Lipinski definition) is 5. The summed E-state index contributed by atoms with van der Waals surface area (Å²) >= 11 is 0. The van der Waals surface area contributed by atoms with Gasteiger partial charge in [-0.25, -0.2) is 19.0 Å². The molecule has 0 bridgehead atoms. The number of anilines is 1. The van der Waals surface area contributed by atoms with E-state index < -0.39 is 29.4 Å². The summed E-state index contributed by atoms with van der Waals surface area (Å²) in [4.78, 5) is 44.1. The monoisotopic (exact) mass is 355 g/mol. The predicted octanol–water partition coefficient (Wildman–Crippen LogP) is 1.13. The van der Waals surface area contributed by atoms with Gasteiger partial charge in [0.05, 0.1) is 23.2 Å². The van der Waals surface area contributed by atoms with E-state index in [0.717, 1.165) is 35.5 Å². The Kier molecular flexibility index (Phi) is 3.83. The maximum Gasteiger partial charge on any atom is 0.273 e. The molecule has 0 saturated heterocycles. The molecular formula is C17H14FN5O3. The van der Waals surface area contributed by atoms with Crippen molar-refractivity contribution in [3.63, 3.8) is 0 Å². The summed E-state index contributed by atoms with van der Waals surface area (Å²) in [5, 5.41) is 5.32. The van der Waals surface area contributed by atoms with Crippen LogP contribution in [0.2, 0.25) is 0 Å². The van der Waals surface area contributed by atoms with Crippen molar-refractivity contribution in [2.24, 2.45) is 0 Å². The van der Waals surface area contributed by atoms with Crippen molar-refractivity contribution < 1.29 is 9.18 Å². The summed E-state index contributed by atoms with van der Waals surface area (Å²) in [6.07, 6.45) is 3.99. The summed E-state index contributed by atoms with van der Waals surface area (Å²) in [6, 6.07) is 5.21. The van der Waals surface area contributed by atoms with Crippen molar-refractivity contribution in [2.45, 2.75) is 25.3 Å². The average Bonchev–Trinajstić information content (AvgIpc) is 3.46. The second-order valence-electron chi connectivity index (χ2n) is 6.18. The number of aromatic nitrogens is 4. The largest absolute Gasteiger partial charge is 0.293 e. The molecular weight excluding hydrogens is 341 g/mol. The molecule has 3 aromatic rings. The number of nitrogens with one attached hydrogen (secondary N) is 2. The van der Waals surface area contributed by atoms with Crippen molar-refractivity contribution in [1.82, 2.24) is 19.7 Å². The minimum Gasteiger partial charge on any atom is -0.293 e. The van der Waals surface area contributed by atoms with Crippen LogP contribution in [-0.2, 0) is 11.3 Å². The van der Waals surface area contributed by atoms with Gasteiger partial charge in [-0.1, -0.05) is 6.07 Å². The second kappa shape index (κ2) is 6.17. The molecule has 2 heterocycles. The number of fused-ring (bicyclic) bond motifs is 1. The lowest BCUT2D eigenvalue weighted by Gasteiger charge is -2.08. The number of nitrogens with zero attached hydrogens (tertiary/aromatic N) is 3. The number of H-pyrrole nitrogens is 1. The molecule has 1 aliphatic rings. The van der Waals surface area contributed by atoms with Crippen LogP contribution in [0.5, 0.6) is 0 Å². The molecule has 8 nitrogen and oxygen atoms in total. The first kappa shape index (κ1) is 16.1. The van der Waals surface area contributed by atoms with Gasteiger partial charge in [-0.05, 0) is 36.5 Å². The van der Waals surface area contributed by atoms with E-state index in [1.165, 1.54) is 0 Å². The van der Waals surface area contributed by atoms with Crippen molar-refractivity contribution in [1.29, 1.82) is 0 Å². The van der Waals surface area contributed by atoms with Gasteiger partial charge in [-0.15, -0.1) is 0 Å². The zero-order valence-electron chi connectivity index (χ0n) is 13.5. The first-order valence-electron chi connectivity index (χ1n) is 8.05. The molecule has 0 aliphatic heterocycles. The number of carbonyl (C=O) groups excluding carboxylic acids is 1. The number of aromatic amines is 1. The van der Waals surface area contributed by atoms with Crippen LogP contribution >= 0.6 is 0 Å². The van der Waals surface area contributed by atoms with E-state index in [9.17, 15) is 18.8 Å². The Labute approximate surface area is 145 Å². The fourth-order valence-corrected chi connectivity index (χ4v) is 2.78. The van der Waals surface area contributed by atoms with Gasteiger partial charge in [0.25, 0.3) is 11.1 Å². The molecule has 0 unspecified atom stereocenters. The molecule has 0 atom stereocenters. The quantitative estimate of drug-likeness (QED) is 0.729. The van der Waals surface area contributed by atoms with E-state index in [2.05, 4.69) is 20.4 Å². The van der Waals surface area contributed by atoms with E-state index in [4.69, 9.17) is 0 Å². The molecule has 2 N–H and O–H groups in total. The van der Waals surface area contributed by atoms with E-state index in [-0.39, 0.29) is 11.3 Å². The molecule has 0 radical (unpaired) electrons. The fraction of sp³-hybridized carbons (Fsp3) is 0.235. The highest BCUT2D eigenvalue weighted by Gasteiger charge is 2.24. The molecule has 4 rings (SSSR count). The van der Waals surface area contributed by atoms with Crippen LogP contribution in [0.3, 0.4) is 0 Å². The third-order valence-corrected chi connectivity index (χ3v) is 4.22. The Bertz CT molecular complexity index is 1120.